The maximum Gasteiger partial charge on any atom is 0.0535 e. The number of nitrogens with zero attached hydrogens (tertiary/aromatic N) is 1. The summed E-state index contributed by atoms with van der Waals surface area (Å²) in [5.41, 5.74) is 12.9. The fraction of sp³-hybridized carbons (Fsp3) is 0.214. The van der Waals surface area contributed by atoms with E-state index in [1.807, 2.05) is 6.07 Å². The van der Waals surface area contributed by atoms with Gasteiger partial charge >= 0.3 is 0 Å². The van der Waals surface area contributed by atoms with E-state index in [9.17, 15) is 0 Å². The molecule has 0 bridgehead atoms. The van der Waals surface area contributed by atoms with Crippen LogP contribution in [0.1, 0.15) is 22.7 Å². The molecule has 0 aliphatic heterocycles. The molecule has 18 heavy (non-hydrogen) atoms. The predicted molar refractivity (Wildman–Crippen MR) is 73.6 cm³/mol. The Morgan fingerprint density at radius 1 is 1.33 bits per heavy atom. The van der Waals surface area contributed by atoms with Crippen LogP contribution in [0.15, 0.2) is 42.7 Å². The van der Waals surface area contributed by atoms with Crippen molar-refractivity contribution in [1.29, 1.82) is 0 Å². The minimum Gasteiger partial charge on any atom is -0.398 e. The number of nitrogens with two attached hydrogens (primary N) is 2. The van der Waals surface area contributed by atoms with Gasteiger partial charge in [0.05, 0.1) is 6.04 Å². The molecule has 5 N–H and O–H groups in total. The van der Waals surface area contributed by atoms with Gasteiger partial charge in [-0.25, -0.2) is 0 Å². The Balaban J connectivity index is 2.23. The van der Waals surface area contributed by atoms with Gasteiger partial charge in [0.2, 0.25) is 0 Å². The molecule has 0 aliphatic carbocycles. The topological polar surface area (TPSA) is 77.0 Å². The van der Waals surface area contributed by atoms with Crippen molar-refractivity contribution in [2.45, 2.75) is 19.4 Å². The predicted octanol–water partition coefficient (Wildman–Crippen LogP) is 1.72. The van der Waals surface area contributed by atoms with Crippen LogP contribution < -0.4 is 17.0 Å². The summed E-state index contributed by atoms with van der Waals surface area (Å²) in [6.07, 6.45) is 4.23. The minimum atomic E-state index is -0.0273. The number of pyridine rings is 1. The molecular formula is C14H18N4. The molecule has 94 valence electrons. The van der Waals surface area contributed by atoms with E-state index in [2.05, 4.69) is 35.5 Å². The molecule has 0 saturated carbocycles. The fourth-order valence-electron chi connectivity index (χ4n) is 2.04. The van der Waals surface area contributed by atoms with Crippen LogP contribution in [-0.2, 0) is 6.42 Å². The first-order chi connectivity index (χ1) is 8.70. The first kappa shape index (κ1) is 12.5. The average Bonchev–Trinajstić information content (AvgIpc) is 2.37. The van der Waals surface area contributed by atoms with Gasteiger partial charge in [-0.2, -0.15) is 0 Å². The summed E-state index contributed by atoms with van der Waals surface area (Å²) in [5, 5.41) is 0. The highest BCUT2D eigenvalue weighted by atomic mass is 15.2. The lowest BCUT2D eigenvalue weighted by Gasteiger charge is -2.18. The number of hydrogen-bond donors (Lipinski definition) is 3. The van der Waals surface area contributed by atoms with Crippen molar-refractivity contribution in [3.63, 3.8) is 0 Å². The van der Waals surface area contributed by atoms with Crippen LogP contribution in [-0.4, -0.2) is 4.98 Å². The molecule has 0 aliphatic rings. The maximum atomic E-state index is 5.95. The second kappa shape index (κ2) is 5.62. The third kappa shape index (κ3) is 2.85. The number of aryl methyl sites for hydroxylation is 1. The zero-order valence-corrected chi connectivity index (χ0v) is 10.4. The van der Waals surface area contributed by atoms with Gasteiger partial charge in [-0.05, 0) is 25.0 Å². The standard InChI is InChI=1S/C14H18N4/c1-10-3-2-4-11(7-10)8-14(18-16)12-9-17-6-5-13(12)15/h2-7,9,14,18H,8,16H2,1H3,(H2,15,17). The van der Waals surface area contributed by atoms with Crippen molar-refractivity contribution in [3.05, 3.63) is 59.4 Å². The number of anilines is 1. The zero-order valence-electron chi connectivity index (χ0n) is 10.4. The highest BCUT2D eigenvalue weighted by Crippen LogP contribution is 2.22. The lowest BCUT2D eigenvalue weighted by atomic mass is 9.98. The van der Waals surface area contributed by atoms with Crippen LogP contribution in [0, 0.1) is 6.92 Å². The largest absolute Gasteiger partial charge is 0.398 e. The van der Waals surface area contributed by atoms with E-state index < -0.39 is 0 Å². The lowest BCUT2D eigenvalue weighted by molar-refractivity contribution is 0.552. The van der Waals surface area contributed by atoms with Crippen molar-refractivity contribution >= 4 is 5.69 Å². The second-order valence-corrected chi connectivity index (χ2v) is 4.42. The lowest BCUT2D eigenvalue weighted by Crippen LogP contribution is -2.30. The second-order valence-electron chi connectivity index (χ2n) is 4.42. The van der Waals surface area contributed by atoms with E-state index in [1.54, 1.807) is 18.5 Å². The summed E-state index contributed by atoms with van der Waals surface area (Å²) in [6.45, 7) is 2.08. The highest BCUT2D eigenvalue weighted by Gasteiger charge is 2.13. The SMILES string of the molecule is Cc1cccc(CC(NN)c2cnccc2N)c1. The Kier molecular flexibility index (Phi) is 3.92. The molecule has 2 rings (SSSR count). The molecule has 1 aromatic carbocycles. The molecule has 1 unspecified atom stereocenters. The molecular weight excluding hydrogens is 224 g/mol. The summed E-state index contributed by atoms with van der Waals surface area (Å²) in [4.78, 5) is 4.10. The molecule has 0 spiro atoms. The molecule has 1 atom stereocenters. The smallest absolute Gasteiger partial charge is 0.0535 e. The zero-order chi connectivity index (χ0) is 13.0. The van der Waals surface area contributed by atoms with E-state index in [1.165, 1.54) is 11.1 Å². The van der Waals surface area contributed by atoms with Crippen LogP contribution in [0.5, 0.6) is 0 Å². The van der Waals surface area contributed by atoms with E-state index in [0.29, 0.717) is 5.69 Å². The summed E-state index contributed by atoms with van der Waals surface area (Å²) >= 11 is 0. The molecule has 0 saturated heterocycles. The average molecular weight is 242 g/mol. The third-order valence-electron chi connectivity index (χ3n) is 2.99. The number of benzene rings is 1. The monoisotopic (exact) mass is 242 g/mol. The number of hydrogen-bond acceptors (Lipinski definition) is 4. The number of aromatic nitrogens is 1. The van der Waals surface area contributed by atoms with Crippen LogP contribution >= 0.6 is 0 Å². The van der Waals surface area contributed by atoms with Crippen LogP contribution in [0.2, 0.25) is 0 Å². The molecule has 0 amide bonds. The van der Waals surface area contributed by atoms with Crippen LogP contribution in [0.4, 0.5) is 5.69 Å². The van der Waals surface area contributed by atoms with Gasteiger partial charge in [-0.3, -0.25) is 16.3 Å². The molecule has 1 aromatic heterocycles. The van der Waals surface area contributed by atoms with Crippen molar-refractivity contribution in [3.8, 4) is 0 Å². The van der Waals surface area contributed by atoms with Gasteiger partial charge in [-0.15, -0.1) is 0 Å². The Hall–Kier alpha value is -1.91. The molecule has 0 radical (unpaired) electrons. The quantitative estimate of drug-likeness (QED) is 0.563. The van der Waals surface area contributed by atoms with E-state index in [-0.39, 0.29) is 6.04 Å². The van der Waals surface area contributed by atoms with E-state index >= 15 is 0 Å². The molecule has 0 fully saturated rings. The van der Waals surface area contributed by atoms with E-state index in [4.69, 9.17) is 11.6 Å². The Morgan fingerprint density at radius 3 is 2.83 bits per heavy atom. The van der Waals surface area contributed by atoms with Gasteiger partial charge in [0.15, 0.2) is 0 Å². The molecule has 1 heterocycles. The van der Waals surface area contributed by atoms with Gasteiger partial charge < -0.3 is 5.73 Å². The van der Waals surface area contributed by atoms with E-state index in [0.717, 1.165) is 12.0 Å². The molecule has 4 heteroatoms. The number of nitrogen functional groups attached to an aromatic ring is 1. The minimum absolute atomic E-state index is 0.0273. The Labute approximate surface area is 107 Å². The van der Waals surface area contributed by atoms with Crippen molar-refractivity contribution in [1.82, 2.24) is 10.4 Å². The number of rotatable bonds is 4. The summed E-state index contributed by atoms with van der Waals surface area (Å²) < 4.78 is 0. The van der Waals surface area contributed by atoms with Crippen molar-refractivity contribution < 1.29 is 0 Å². The van der Waals surface area contributed by atoms with Gasteiger partial charge in [0, 0.05) is 23.6 Å². The summed E-state index contributed by atoms with van der Waals surface area (Å²) in [5.74, 6) is 5.63. The van der Waals surface area contributed by atoms with Crippen molar-refractivity contribution in [2.24, 2.45) is 5.84 Å². The number of nitrogens with one attached hydrogen (secondary N) is 1. The fourth-order valence-corrected chi connectivity index (χ4v) is 2.04. The van der Waals surface area contributed by atoms with Crippen LogP contribution in [0.3, 0.4) is 0 Å². The summed E-state index contributed by atoms with van der Waals surface area (Å²) in [6, 6.07) is 10.1. The number of hydrazine groups is 1. The first-order valence-electron chi connectivity index (χ1n) is 5.91. The molecule has 4 nitrogen and oxygen atoms in total. The van der Waals surface area contributed by atoms with Crippen LogP contribution in [0.25, 0.3) is 0 Å². The van der Waals surface area contributed by atoms with Gasteiger partial charge in [-0.1, -0.05) is 29.8 Å². The third-order valence-corrected chi connectivity index (χ3v) is 2.99. The molecule has 2 aromatic rings. The Bertz CT molecular complexity index is 525. The normalized spacial score (nSPS) is 12.3. The van der Waals surface area contributed by atoms with Gasteiger partial charge in [0.25, 0.3) is 0 Å². The first-order valence-corrected chi connectivity index (χ1v) is 5.91. The Morgan fingerprint density at radius 2 is 2.17 bits per heavy atom. The maximum absolute atomic E-state index is 5.95. The highest BCUT2D eigenvalue weighted by molar-refractivity contribution is 5.46. The summed E-state index contributed by atoms with van der Waals surface area (Å²) in [7, 11) is 0. The van der Waals surface area contributed by atoms with Gasteiger partial charge in [0.1, 0.15) is 0 Å². The van der Waals surface area contributed by atoms with Crippen molar-refractivity contribution in [2.75, 3.05) is 5.73 Å².